The third-order valence-electron chi connectivity index (χ3n) is 4.86. The van der Waals surface area contributed by atoms with Crippen molar-refractivity contribution in [2.75, 3.05) is 20.5 Å². The second kappa shape index (κ2) is 11.8. The highest BCUT2D eigenvalue weighted by atomic mass is 32.2. The summed E-state index contributed by atoms with van der Waals surface area (Å²) in [5, 5.41) is 0. The van der Waals surface area contributed by atoms with E-state index in [-0.39, 0.29) is 24.4 Å². The molecule has 3 aromatic carbocycles. The van der Waals surface area contributed by atoms with Gasteiger partial charge in [-0.25, -0.2) is 0 Å². The van der Waals surface area contributed by atoms with Crippen molar-refractivity contribution in [1.82, 2.24) is 0 Å². The molecule has 0 aliphatic carbocycles. The number of benzene rings is 3. The van der Waals surface area contributed by atoms with Crippen molar-refractivity contribution < 1.29 is 26.8 Å². The number of hydrogen-bond donors (Lipinski definition) is 0. The number of ether oxygens (including phenoxy) is 3. The lowest BCUT2D eigenvalue weighted by Crippen LogP contribution is -2.11. The standard InChI is InChI=1S/C25H28O6S/c1-20-11-13-24(14-12-20)32(26,27)31-16-15-25(28-2)22-9-6-10-23(17-22)30-19-29-18-21-7-4-3-5-8-21/h3-14,17,25H,15-16,18-19H2,1-2H3/t25-/m0/s1. The summed E-state index contributed by atoms with van der Waals surface area (Å²) in [4.78, 5) is 0.142. The largest absolute Gasteiger partial charge is 0.468 e. The van der Waals surface area contributed by atoms with E-state index in [0.717, 1.165) is 16.7 Å². The lowest BCUT2D eigenvalue weighted by molar-refractivity contribution is 0.00477. The number of rotatable bonds is 12. The van der Waals surface area contributed by atoms with Gasteiger partial charge in [-0.05, 0) is 42.3 Å². The molecule has 0 radical (unpaired) electrons. The predicted octanol–water partition coefficient (Wildman–Crippen LogP) is 5.03. The van der Waals surface area contributed by atoms with Gasteiger partial charge in [0.1, 0.15) is 5.75 Å². The molecule has 0 amide bonds. The zero-order valence-corrected chi connectivity index (χ0v) is 19.1. The lowest BCUT2D eigenvalue weighted by Gasteiger charge is -2.17. The van der Waals surface area contributed by atoms with Crippen LogP contribution in [0.5, 0.6) is 5.75 Å². The van der Waals surface area contributed by atoms with Gasteiger partial charge in [-0.15, -0.1) is 0 Å². The van der Waals surface area contributed by atoms with Crippen LogP contribution in [0.2, 0.25) is 0 Å². The smallest absolute Gasteiger partial charge is 0.296 e. The summed E-state index contributed by atoms with van der Waals surface area (Å²) in [5.41, 5.74) is 2.92. The Hall–Kier alpha value is -2.71. The van der Waals surface area contributed by atoms with Crippen LogP contribution in [-0.2, 0) is 30.4 Å². The van der Waals surface area contributed by atoms with Gasteiger partial charge in [0.2, 0.25) is 0 Å². The van der Waals surface area contributed by atoms with Gasteiger partial charge < -0.3 is 14.2 Å². The van der Waals surface area contributed by atoms with Gasteiger partial charge in [-0.3, -0.25) is 4.18 Å². The molecule has 32 heavy (non-hydrogen) atoms. The molecule has 0 saturated heterocycles. The molecule has 3 aromatic rings. The molecule has 6 nitrogen and oxygen atoms in total. The Balaban J connectivity index is 1.50. The van der Waals surface area contributed by atoms with Crippen LogP contribution in [0.15, 0.2) is 83.8 Å². The molecule has 1 atom stereocenters. The highest BCUT2D eigenvalue weighted by Crippen LogP contribution is 2.25. The van der Waals surface area contributed by atoms with Gasteiger partial charge in [0.25, 0.3) is 10.1 Å². The molecule has 0 saturated carbocycles. The fourth-order valence-electron chi connectivity index (χ4n) is 3.11. The van der Waals surface area contributed by atoms with E-state index >= 15 is 0 Å². The zero-order valence-electron chi connectivity index (χ0n) is 18.3. The molecule has 0 N–H and O–H groups in total. The lowest BCUT2D eigenvalue weighted by atomic mass is 10.1. The first-order valence-corrected chi connectivity index (χ1v) is 11.7. The minimum absolute atomic E-state index is 0.0000120. The summed E-state index contributed by atoms with van der Waals surface area (Å²) in [7, 11) is -2.23. The van der Waals surface area contributed by atoms with E-state index in [1.54, 1.807) is 31.4 Å². The van der Waals surface area contributed by atoms with Crippen LogP contribution in [0, 0.1) is 6.92 Å². The summed E-state index contributed by atoms with van der Waals surface area (Å²) >= 11 is 0. The van der Waals surface area contributed by atoms with Crippen molar-refractivity contribution in [3.05, 3.63) is 95.6 Å². The molecular weight excluding hydrogens is 428 g/mol. The van der Waals surface area contributed by atoms with Gasteiger partial charge >= 0.3 is 0 Å². The topological polar surface area (TPSA) is 71.1 Å². The van der Waals surface area contributed by atoms with Crippen molar-refractivity contribution in [3.8, 4) is 5.75 Å². The Morgan fingerprint density at radius 3 is 2.38 bits per heavy atom. The quantitative estimate of drug-likeness (QED) is 0.216. The number of aryl methyl sites for hydroxylation is 1. The average molecular weight is 457 g/mol. The maximum Gasteiger partial charge on any atom is 0.296 e. The maximum absolute atomic E-state index is 12.4. The van der Waals surface area contributed by atoms with Crippen LogP contribution in [0.3, 0.4) is 0 Å². The van der Waals surface area contributed by atoms with Crippen LogP contribution in [0.25, 0.3) is 0 Å². The van der Waals surface area contributed by atoms with Crippen LogP contribution in [-0.4, -0.2) is 28.9 Å². The molecular formula is C25H28O6S. The van der Waals surface area contributed by atoms with E-state index in [4.69, 9.17) is 18.4 Å². The maximum atomic E-state index is 12.4. The van der Waals surface area contributed by atoms with E-state index in [2.05, 4.69) is 0 Å². The van der Waals surface area contributed by atoms with Crippen molar-refractivity contribution in [2.24, 2.45) is 0 Å². The van der Waals surface area contributed by atoms with Gasteiger partial charge in [0.05, 0.1) is 24.2 Å². The van der Waals surface area contributed by atoms with Crippen molar-refractivity contribution in [3.63, 3.8) is 0 Å². The Labute approximate surface area is 189 Å². The molecule has 0 aromatic heterocycles. The normalized spacial score (nSPS) is 12.4. The summed E-state index contributed by atoms with van der Waals surface area (Å²) in [6.45, 7) is 2.48. The summed E-state index contributed by atoms with van der Waals surface area (Å²) < 4.78 is 46.7. The Kier molecular flexibility index (Phi) is 8.81. The van der Waals surface area contributed by atoms with E-state index in [1.165, 1.54) is 0 Å². The van der Waals surface area contributed by atoms with Gasteiger partial charge in [-0.2, -0.15) is 8.42 Å². The number of hydrogen-bond acceptors (Lipinski definition) is 6. The van der Waals surface area contributed by atoms with Crippen LogP contribution in [0.4, 0.5) is 0 Å². The van der Waals surface area contributed by atoms with Crippen LogP contribution < -0.4 is 4.74 Å². The first-order chi connectivity index (χ1) is 15.5. The summed E-state index contributed by atoms with van der Waals surface area (Å²) in [6.07, 6.45) is 0.0345. The summed E-state index contributed by atoms with van der Waals surface area (Å²) in [5.74, 6) is 0.644. The molecule has 0 bridgehead atoms. The second-order valence-corrected chi connectivity index (χ2v) is 8.89. The molecule has 0 spiro atoms. The molecule has 0 unspecified atom stereocenters. The third kappa shape index (κ3) is 7.17. The van der Waals surface area contributed by atoms with E-state index < -0.39 is 10.1 Å². The molecule has 0 fully saturated rings. The first-order valence-electron chi connectivity index (χ1n) is 10.3. The average Bonchev–Trinajstić information content (AvgIpc) is 2.81. The van der Waals surface area contributed by atoms with Crippen molar-refractivity contribution in [2.45, 2.75) is 31.0 Å². The monoisotopic (exact) mass is 456 g/mol. The fourth-order valence-corrected chi connectivity index (χ4v) is 4.03. The Morgan fingerprint density at radius 1 is 0.906 bits per heavy atom. The van der Waals surface area contributed by atoms with Crippen LogP contribution >= 0.6 is 0 Å². The highest BCUT2D eigenvalue weighted by Gasteiger charge is 2.17. The van der Waals surface area contributed by atoms with Crippen molar-refractivity contribution in [1.29, 1.82) is 0 Å². The van der Waals surface area contributed by atoms with Gasteiger partial charge in [0.15, 0.2) is 6.79 Å². The van der Waals surface area contributed by atoms with Crippen LogP contribution in [0.1, 0.15) is 29.2 Å². The molecule has 170 valence electrons. The van der Waals surface area contributed by atoms with E-state index in [1.807, 2.05) is 61.5 Å². The third-order valence-corrected chi connectivity index (χ3v) is 6.19. The van der Waals surface area contributed by atoms with Gasteiger partial charge in [0, 0.05) is 13.5 Å². The molecule has 0 heterocycles. The Bertz CT molecular complexity index is 1070. The minimum Gasteiger partial charge on any atom is -0.468 e. The van der Waals surface area contributed by atoms with Gasteiger partial charge in [-0.1, -0.05) is 60.2 Å². The zero-order chi connectivity index (χ0) is 22.8. The first kappa shape index (κ1) is 23.9. The van der Waals surface area contributed by atoms with Crippen molar-refractivity contribution >= 4 is 10.1 Å². The molecule has 7 heteroatoms. The minimum atomic E-state index is -3.81. The van der Waals surface area contributed by atoms with E-state index in [9.17, 15) is 8.42 Å². The predicted molar refractivity (Wildman–Crippen MR) is 122 cm³/mol. The molecule has 0 aliphatic rings. The fraction of sp³-hybridized carbons (Fsp3) is 0.280. The molecule has 0 aliphatic heterocycles. The summed E-state index contributed by atoms with van der Waals surface area (Å²) in [6, 6.07) is 23.9. The number of methoxy groups -OCH3 is 1. The highest BCUT2D eigenvalue weighted by molar-refractivity contribution is 7.86. The SMILES string of the molecule is CO[C@@H](CCOS(=O)(=O)c1ccc(C)cc1)c1cccc(OCOCc2ccccc2)c1. The van der Waals surface area contributed by atoms with E-state index in [0.29, 0.717) is 18.8 Å². The molecule has 3 rings (SSSR count). The Morgan fingerprint density at radius 2 is 1.66 bits per heavy atom. The second-order valence-electron chi connectivity index (χ2n) is 7.27.